The zero-order chi connectivity index (χ0) is 20.7. The highest BCUT2D eigenvalue weighted by Gasteiger charge is 2.24. The molecule has 0 aromatic heterocycles. The van der Waals surface area contributed by atoms with Gasteiger partial charge in [-0.1, -0.05) is 37.3 Å². The van der Waals surface area contributed by atoms with E-state index in [1.807, 2.05) is 19.1 Å². The molecule has 0 aliphatic rings. The van der Waals surface area contributed by atoms with Gasteiger partial charge in [-0.15, -0.1) is 0 Å². The van der Waals surface area contributed by atoms with Crippen molar-refractivity contribution in [2.24, 2.45) is 4.99 Å². The summed E-state index contributed by atoms with van der Waals surface area (Å²) >= 11 is 0. The van der Waals surface area contributed by atoms with Gasteiger partial charge in [0.25, 0.3) is 0 Å². The van der Waals surface area contributed by atoms with Gasteiger partial charge in [0, 0.05) is 12.6 Å². The van der Waals surface area contributed by atoms with Crippen molar-refractivity contribution >= 4 is 18.7 Å². The van der Waals surface area contributed by atoms with Gasteiger partial charge >= 0.3 is 7.12 Å². The Balaban J connectivity index is 5.16. The van der Waals surface area contributed by atoms with E-state index in [9.17, 15) is 9.90 Å². The smallest absolute Gasteiger partial charge is 0.426 e. The number of amides is 1. The first kappa shape index (κ1) is 24.6. The van der Waals surface area contributed by atoms with Gasteiger partial charge in [0.15, 0.2) is 0 Å². The normalized spacial score (nSPS) is 14.4. The first-order valence-electron chi connectivity index (χ1n) is 8.57. The number of nitrogens with one attached hydrogen (secondary N) is 3. The first-order chi connectivity index (χ1) is 12.8. The molecule has 0 fully saturated rings. The SMILES string of the molecule is C#CNCC/N=C(\C)C(O)NC(CC(/C=C\C)=C/C=C)C(=O)NCB(O)O. The minimum absolute atomic E-state index is 0.257. The Labute approximate surface area is 161 Å². The summed E-state index contributed by atoms with van der Waals surface area (Å²) in [5.41, 5.74) is 1.21. The molecule has 0 radical (unpaired) electrons. The van der Waals surface area contributed by atoms with Gasteiger partial charge in [-0.2, -0.15) is 0 Å². The van der Waals surface area contributed by atoms with Crippen LogP contribution in [0.3, 0.4) is 0 Å². The molecule has 148 valence electrons. The Kier molecular flexibility index (Phi) is 13.5. The fourth-order valence-electron chi connectivity index (χ4n) is 2.09. The van der Waals surface area contributed by atoms with Gasteiger partial charge in [0.1, 0.15) is 6.23 Å². The number of allylic oxidation sites excluding steroid dienone is 4. The summed E-state index contributed by atoms with van der Waals surface area (Å²) < 4.78 is 0. The van der Waals surface area contributed by atoms with Crippen LogP contribution in [0.2, 0.25) is 0 Å². The molecule has 0 aromatic carbocycles. The standard InChI is InChI=1S/C18H29BN4O4/c1-5-8-15(9-6-2)12-16(18(25)22-13-19(26)27)23-17(24)14(4)21-11-10-20-7-3/h3,5-6,8-9,16-17,20,23-24,26-27H,1,10-13H2,2,4H3,(H,22,25)/b9-6-,15-8+,21-14+. The molecule has 0 aromatic rings. The molecule has 0 aliphatic heterocycles. The molecule has 0 rings (SSSR count). The molecule has 2 atom stereocenters. The minimum atomic E-state index is -1.66. The molecule has 6 N–H and O–H groups in total. The Hall–Kier alpha value is -2.38. The number of hydrogen-bond donors (Lipinski definition) is 6. The zero-order valence-corrected chi connectivity index (χ0v) is 15.9. The molecule has 9 heteroatoms. The van der Waals surface area contributed by atoms with Crippen LogP contribution < -0.4 is 16.0 Å². The minimum Gasteiger partial charge on any atom is -0.426 e. The molecule has 0 bridgehead atoms. The fraction of sp³-hybridized carbons (Fsp3) is 0.444. The second kappa shape index (κ2) is 14.8. The lowest BCUT2D eigenvalue weighted by molar-refractivity contribution is -0.123. The van der Waals surface area contributed by atoms with Crippen LogP contribution in [-0.4, -0.2) is 65.7 Å². The lowest BCUT2D eigenvalue weighted by Gasteiger charge is -2.22. The van der Waals surface area contributed by atoms with E-state index < -0.39 is 25.3 Å². The molecule has 27 heavy (non-hydrogen) atoms. The monoisotopic (exact) mass is 376 g/mol. The van der Waals surface area contributed by atoms with E-state index in [1.165, 1.54) is 0 Å². The predicted molar refractivity (Wildman–Crippen MR) is 109 cm³/mol. The van der Waals surface area contributed by atoms with Crippen LogP contribution >= 0.6 is 0 Å². The number of nitrogens with zero attached hydrogens (tertiary/aromatic N) is 1. The molecular formula is C18H29BN4O4. The van der Waals surface area contributed by atoms with Crippen LogP contribution in [0.5, 0.6) is 0 Å². The van der Waals surface area contributed by atoms with Crippen molar-refractivity contribution in [3.63, 3.8) is 0 Å². The molecule has 0 spiro atoms. The average molecular weight is 376 g/mol. The Bertz CT molecular complexity index is 597. The lowest BCUT2D eigenvalue weighted by Crippen LogP contribution is -2.52. The van der Waals surface area contributed by atoms with Crippen molar-refractivity contribution in [2.45, 2.75) is 32.5 Å². The Morgan fingerprint density at radius 3 is 2.70 bits per heavy atom. The van der Waals surface area contributed by atoms with Crippen LogP contribution in [0.4, 0.5) is 0 Å². The van der Waals surface area contributed by atoms with Crippen molar-refractivity contribution in [3.8, 4) is 12.5 Å². The fourth-order valence-corrected chi connectivity index (χ4v) is 2.09. The van der Waals surface area contributed by atoms with E-state index in [2.05, 4.69) is 33.6 Å². The van der Waals surface area contributed by atoms with Crippen molar-refractivity contribution in [1.82, 2.24) is 16.0 Å². The summed E-state index contributed by atoms with van der Waals surface area (Å²) in [4.78, 5) is 16.6. The summed E-state index contributed by atoms with van der Waals surface area (Å²) in [5.74, 6) is -0.483. The van der Waals surface area contributed by atoms with E-state index in [0.717, 1.165) is 5.57 Å². The van der Waals surface area contributed by atoms with Crippen molar-refractivity contribution in [2.75, 3.05) is 19.5 Å². The molecule has 0 heterocycles. The summed E-state index contributed by atoms with van der Waals surface area (Å²) in [5, 5.41) is 36.1. The summed E-state index contributed by atoms with van der Waals surface area (Å²) in [6.45, 7) is 7.96. The molecule has 1 amide bonds. The molecule has 0 saturated heterocycles. The number of carbonyl (C=O) groups is 1. The molecular weight excluding hydrogens is 347 g/mol. The van der Waals surface area contributed by atoms with E-state index >= 15 is 0 Å². The highest BCUT2D eigenvalue weighted by molar-refractivity contribution is 6.41. The lowest BCUT2D eigenvalue weighted by atomic mass is 9.92. The largest absolute Gasteiger partial charge is 0.472 e. The van der Waals surface area contributed by atoms with Crippen LogP contribution in [0.15, 0.2) is 41.4 Å². The number of aliphatic imine (C=N–C) groups is 1. The predicted octanol–water partition coefficient (Wildman–Crippen LogP) is -0.889. The Morgan fingerprint density at radius 1 is 1.44 bits per heavy atom. The van der Waals surface area contributed by atoms with Crippen LogP contribution in [0.1, 0.15) is 20.3 Å². The van der Waals surface area contributed by atoms with Crippen LogP contribution in [0.25, 0.3) is 0 Å². The quantitative estimate of drug-likeness (QED) is 0.0471. The van der Waals surface area contributed by atoms with Gasteiger partial charge in [-0.3, -0.25) is 15.1 Å². The summed E-state index contributed by atoms with van der Waals surface area (Å²) in [7, 11) is -1.66. The van der Waals surface area contributed by atoms with Crippen LogP contribution in [-0.2, 0) is 4.79 Å². The number of terminal acetylenes is 1. The summed E-state index contributed by atoms with van der Waals surface area (Å²) in [6, 6.07) is 1.45. The molecule has 2 unspecified atom stereocenters. The highest BCUT2D eigenvalue weighted by Crippen LogP contribution is 2.09. The van der Waals surface area contributed by atoms with Gasteiger partial charge < -0.3 is 25.8 Å². The number of aliphatic hydroxyl groups is 1. The second-order valence-electron chi connectivity index (χ2n) is 5.62. The number of rotatable bonds is 13. The van der Waals surface area contributed by atoms with Gasteiger partial charge in [-0.05, 0) is 25.8 Å². The van der Waals surface area contributed by atoms with E-state index in [-0.39, 0.29) is 12.9 Å². The van der Waals surface area contributed by atoms with Gasteiger partial charge in [0.05, 0.1) is 24.7 Å². The second-order valence-corrected chi connectivity index (χ2v) is 5.62. The third-order valence-corrected chi connectivity index (χ3v) is 3.38. The van der Waals surface area contributed by atoms with Crippen LogP contribution in [0, 0.1) is 12.5 Å². The highest BCUT2D eigenvalue weighted by atomic mass is 16.4. The van der Waals surface area contributed by atoms with Crippen molar-refractivity contribution in [1.29, 1.82) is 0 Å². The van der Waals surface area contributed by atoms with Crippen molar-refractivity contribution in [3.05, 3.63) is 36.5 Å². The molecule has 0 saturated carbocycles. The third-order valence-electron chi connectivity index (χ3n) is 3.38. The van der Waals surface area contributed by atoms with Gasteiger partial charge in [-0.25, -0.2) is 0 Å². The van der Waals surface area contributed by atoms with Crippen molar-refractivity contribution < 1.29 is 19.9 Å². The maximum Gasteiger partial charge on any atom is 0.472 e. The maximum atomic E-state index is 12.4. The number of hydrogen-bond acceptors (Lipinski definition) is 7. The van der Waals surface area contributed by atoms with E-state index in [0.29, 0.717) is 18.8 Å². The number of carbonyl (C=O) groups excluding carboxylic acids is 1. The topological polar surface area (TPSA) is 126 Å². The average Bonchev–Trinajstić information content (AvgIpc) is 2.62. The van der Waals surface area contributed by atoms with Gasteiger partial charge in [0.2, 0.25) is 5.91 Å². The first-order valence-corrected chi connectivity index (χ1v) is 8.57. The molecule has 8 nitrogen and oxygen atoms in total. The van der Waals surface area contributed by atoms with E-state index in [1.54, 1.807) is 19.1 Å². The van der Waals surface area contributed by atoms with E-state index in [4.69, 9.17) is 16.5 Å². The maximum absolute atomic E-state index is 12.4. The third kappa shape index (κ3) is 11.8. The summed E-state index contributed by atoms with van der Waals surface area (Å²) in [6.07, 6.45) is 10.9. The zero-order valence-electron chi connectivity index (χ0n) is 15.9. The Morgan fingerprint density at radius 2 is 2.15 bits per heavy atom. The number of aliphatic hydroxyl groups excluding tert-OH is 1. The molecule has 0 aliphatic carbocycles.